The van der Waals surface area contributed by atoms with Crippen molar-refractivity contribution in [2.24, 2.45) is 0 Å². The normalized spacial score (nSPS) is 10.3. The predicted molar refractivity (Wildman–Crippen MR) is 97.1 cm³/mol. The molecule has 0 saturated heterocycles. The van der Waals surface area contributed by atoms with E-state index in [1.54, 1.807) is 13.0 Å². The van der Waals surface area contributed by atoms with Crippen LogP contribution in [-0.2, 0) is 14.2 Å². The minimum Gasteiger partial charge on any atom is -0.506 e. The van der Waals surface area contributed by atoms with E-state index >= 15 is 0 Å². The van der Waals surface area contributed by atoms with Gasteiger partial charge in [0, 0.05) is 6.07 Å². The molecule has 2 aromatic rings. The van der Waals surface area contributed by atoms with Crippen molar-refractivity contribution in [3.63, 3.8) is 0 Å². The molecular formula is C19H19NO8. The Morgan fingerprint density at radius 2 is 1.68 bits per heavy atom. The maximum Gasteiger partial charge on any atom is 0.356 e. The molecule has 0 amide bonds. The second-order valence-corrected chi connectivity index (χ2v) is 5.65. The van der Waals surface area contributed by atoms with E-state index in [1.165, 1.54) is 19.1 Å². The molecule has 2 rings (SSSR count). The van der Waals surface area contributed by atoms with E-state index < -0.39 is 40.3 Å². The number of carbonyl (C=O) groups is 3. The van der Waals surface area contributed by atoms with Crippen LogP contribution in [0.2, 0.25) is 0 Å². The number of hydrogen-bond acceptors (Lipinski definition) is 8. The Balaban J connectivity index is 3.03. The highest BCUT2D eigenvalue weighted by Crippen LogP contribution is 2.26. The molecule has 0 spiro atoms. The third kappa shape index (κ3) is 3.73. The van der Waals surface area contributed by atoms with Gasteiger partial charge in [-0.25, -0.2) is 14.4 Å². The summed E-state index contributed by atoms with van der Waals surface area (Å²) >= 11 is 0. The average molecular weight is 389 g/mol. The number of benzene rings is 1. The van der Waals surface area contributed by atoms with Crippen molar-refractivity contribution in [2.75, 3.05) is 20.8 Å². The maximum atomic E-state index is 12.8. The molecule has 0 bridgehead atoms. The smallest absolute Gasteiger partial charge is 0.356 e. The van der Waals surface area contributed by atoms with Crippen molar-refractivity contribution < 1.29 is 33.7 Å². The number of carbonyl (C=O) groups excluding carboxylic acids is 3. The minimum absolute atomic E-state index is 0.0596. The highest BCUT2D eigenvalue weighted by molar-refractivity contribution is 6.09. The summed E-state index contributed by atoms with van der Waals surface area (Å²) in [6.45, 7) is 3.19. The number of phenols is 1. The summed E-state index contributed by atoms with van der Waals surface area (Å²) in [5.74, 6) is -3.42. The monoisotopic (exact) mass is 389 g/mol. The first-order chi connectivity index (χ1) is 13.3. The quantitative estimate of drug-likeness (QED) is 0.605. The molecule has 9 nitrogen and oxygen atoms in total. The summed E-state index contributed by atoms with van der Waals surface area (Å²) in [7, 11) is 2.11. The number of aromatic nitrogens is 1. The molecular weight excluding hydrogens is 370 g/mol. The zero-order valence-corrected chi connectivity index (χ0v) is 15.8. The van der Waals surface area contributed by atoms with Gasteiger partial charge in [-0.1, -0.05) is 6.07 Å². The van der Waals surface area contributed by atoms with Crippen molar-refractivity contribution in [2.45, 2.75) is 13.8 Å². The number of aryl methyl sites for hydroxylation is 1. The lowest BCUT2D eigenvalue weighted by molar-refractivity contribution is 0.0488. The lowest BCUT2D eigenvalue weighted by atomic mass is 10.0. The van der Waals surface area contributed by atoms with E-state index in [0.29, 0.717) is 5.56 Å². The number of esters is 3. The van der Waals surface area contributed by atoms with Crippen molar-refractivity contribution in [1.82, 2.24) is 4.57 Å². The predicted octanol–water partition coefficient (Wildman–Crippen LogP) is 1.60. The van der Waals surface area contributed by atoms with Gasteiger partial charge in [-0.05, 0) is 31.5 Å². The third-order valence-electron chi connectivity index (χ3n) is 3.85. The molecule has 1 aromatic heterocycles. The van der Waals surface area contributed by atoms with Crippen molar-refractivity contribution >= 4 is 17.9 Å². The van der Waals surface area contributed by atoms with Gasteiger partial charge in [-0.15, -0.1) is 0 Å². The largest absolute Gasteiger partial charge is 0.506 e. The van der Waals surface area contributed by atoms with Crippen LogP contribution in [0.25, 0.3) is 5.69 Å². The fourth-order valence-electron chi connectivity index (χ4n) is 2.64. The minimum atomic E-state index is -1.05. The Hall–Kier alpha value is -3.62. The zero-order valence-electron chi connectivity index (χ0n) is 15.8. The molecule has 0 unspecified atom stereocenters. The number of phenolic OH excluding ortho intramolecular Hbond substituents is 1. The van der Waals surface area contributed by atoms with Crippen LogP contribution in [0.4, 0.5) is 0 Å². The average Bonchev–Trinajstić information content (AvgIpc) is 2.66. The van der Waals surface area contributed by atoms with Crippen LogP contribution in [0.1, 0.15) is 43.7 Å². The van der Waals surface area contributed by atoms with Crippen LogP contribution in [0, 0.1) is 6.92 Å². The zero-order chi connectivity index (χ0) is 21.0. The molecule has 0 radical (unpaired) electrons. The number of nitrogens with zero attached hydrogens (tertiary/aromatic N) is 1. The van der Waals surface area contributed by atoms with Crippen LogP contribution in [0.3, 0.4) is 0 Å². The first kappa shape index (κ1) is 20.7. The fraction of sp³-hybridized carbons (Fsp3) is 0.263. The summed E-state index contributed by atoms with van der Waals surface area (Å²) in [4.78, 5) is 49.9. The fourth-order valence-corrected chi connectivity index (χ4v) is 2.64. The van der Waals surface area contributed by atoms with Gasteiger partial charge in [0.1, 0.15) is 11.3 Å². The summed E-state index contributed by atoms with van der Waals surface area (Å²) < 4.78 is 15.1. The van der Waals surface area contributed by atoms with Gasteiger partial charge in [0.25, 0.3) is 5.56 Å². The Kier molecular flexibility index (Phi) is 6.19. The standard InChI is InChI=1S/C19H19NO8/c1-5-28-19(25)16-15(18(24)27-4)11(17(23)26-3)9-14(22)20(16)12-7-6-10(2)8-13(12)21/h6-9,21H,5H2,1-4H3. The van der Waals surface area contributed by atoms with E-state index in [0.717, 1.165) is 24.9 Å². The summed E-state index contributed by atoms with van der Waals surface area (Å²) in [6.07, 6.45) is 0. The second-order valence-electron chi connectivity index (χ2n) is 5.65. The highest BCUT2D eigenvalue weighted by Gasteiger charge is 2.32. The van der Waals surface area contributed by atoms with Gasteiger partial charge in [0.15, 0.2) is 5.69 Å². The number of rotatable bonds is 5. The molecule has 1 heterocycles. The van der Waals surface area contributed by atoms with E-state index in [-0.39, 0.29) is 18.0 Å². The van der Waals surface area contributed by atoms with Crippen molar-refractivity contribution in [3.05, 3.63) is 57.0 Å². The molecule has 0 aliphatic carbocycles. The molecule has 0 aliphatic heterocycles. The van der Waals surface area contributed by atoms with Gasteiger partial charge in [-0.2, -0.15) is 0 Å². The van der Waals surface area contributed by atoms with Crippen LogP contribution in [0.5, 0.6) is 5.75 Å². The van der Waals surface area contributed by atoms with Crippen molar-refractivity contribution in [3.8, 4) is 11.4 Å². The molecule has 0 atom stereocenters. The Bertz CT molecular complexity index is 1010. The lowest BCUT2D eigenvalue weighted by Crippen LogP contribution is -2.31. The molecule has 1 aromatic carbocycles. The van der Waals surface area contributed by atoms with Gasteiger partial charge in [-0.3, -0.25) is 9.36 Å². The number of methoxy groups -OCH3 is 2. The Morgan fingerprint density at radius 3 is 2.21 bits per heavy atom. The van der Waals surface area contributed by atoms with Gasteiger partial charge in [0.05, 0.1) is 32.1 Å². The number of pyridine rings is 1. The van der Waals surface area contributed by atoms with E-state index in [9.17, 15) is 24.3 Å². The Morgan fingerprint density at radius 1 is 1.04 bits per heavy atom. The van der Waals surface area contributed by atoms with Gasteiger partial charge < -0.3 is 19.3 Å². The summed E-state index contributed by atoms with van der Waals surface area (Å²) in [5.41, 5.74) is -1.74. The highest BCUT2D eigenvalue weighted by atomic mass is 16.5. The van der Waals surface area contributed by atoms with Crippen LogP contribution in [-0.4, -0.2) is 48.4 Å². The topological polar surface area (TPSA) is 121 Å². The molecule has 28 heavy (non-hydrogen) atoms. The van der Waals surface area contributed by atoms with Crippen LogP contribution < -0.4 is 5.56 Å². The molecule has 1 N–H and O–H groups in total. The summed E-state index contributed by atoms with van der Waals surface area (Å²) in [6, 6.07) is 5.21. The first-order valence-corrected chi connectivity index (χ1v) is 8.20. The maximum absolute atomic E-state index is 12.8. The third-order valence-corrected chi connectivity index (χ3v) is 3.85. The van der Waals surface area contributed by atoms with Crippen LogP contribution >= 0.6 is 0 Å². The van der Waals surface area contributed by atoms with Crippen LogP contribution in [0.15, 0.2) is 29.1 Å². The number of hydrogen-bond donors (Lipinski definition) is 1. The van der Waals surface area contributed by atoms with Gasteiger partial charge >= 0.3 is 17.9 Å². The second kappa shape index (κ2) is 8.38. The van der Waals surface area contributed by atoms with Crippen molar-refractivity contribution in [1.29, 1.82) is 0 Å². The van der Waals surface area contributed by atoms with E-state index in [1.807, 2.05) is 0 Å². The molecule has 0 aliphatic rings. The Labute approximate surface area is 160 Å². The molecule has 0 fully saturated rings. The molecule has 148 valence electrons. The number of aromatic hydroxyl groups is 1. The lowest BCUT2D eigenvalue weighted by Gasteiger charge is -2.18. The van der Waals surface area contributed by atoms with E-state index in [4.69, 9.17) is 4.74 Å². The summed E-state index contributed by atoms with van der Waals surface area (Å²) in [5, 5.41) is 10.3. The molecule has 0 saturated carbocycles. The SMILES string of the molecule is CCOC(=O)c1c(C(=O)OC)c(C(=O)OC)cc(=O)n1-c1ccc(C)cc1O. The number of ether oxygens (including phenoxy) is 3. The first-order valence-electron chi connectivity index (χ1n) is 8.20. The van der Waals surface area contributed by atoms with Gasteiger partial charge in [0.2, 0.25) is 0 Å². The molecule has 9 heteroatoms. The van der Waals surface area contributed by atoms with E-state index in [2.05, 4.69) is 9.47 Å².